The van der Waals surface area contributed by atoms with E-state index in [9.17, 15) is 18.0 Å². The van der Waals surface area contributed by atoms with Gasteiger partial charge in [-0.05, 0) is 37.6 Å². The highest BCUT2D eigenvalue weighted by Gasteiger charge is 2.31. The van der Waals surface area contributed by atoms with E-state index in [1.165, 1.54) is 10.7 Å². The number of piperidine rings is 1. The minimum absolute atomic E-state index is 0.0577. The van der Waals surface area contributed by atoms with E-state index in [-0.39, 0.29) is 16.9 Å². The number of nitrogens with one attached hydrogen (secondary N) is 1. The van der Waals surface area contributed by atoms with Crippen molar-refractivity contribution in [1.82, 2.24) is 20.3 Å². The lowest BCUT2D eigenvalue weighted by molar-refractivity contribution is -0.274. The first kappa shape index (κ1) is 14.8. The molecule has 118 valence electrons. The van der Waals surface area contributed by atoms with Gasteiger partial charge in [0.05, 0.1) is 11.4 Å². The smallest absolute Gasteiger partial charge is 0.406 e. The molecule has 9 heteroatoms. The number of rotatable bonds is 2. The fraction of sp³-hybridized carbons (Fsp3) is 0.462. The molecule has 1 aromatic carbocycles. The van der Waals surface area contributed by atoms with Crippen LogP contribution in [0.15, 0.2) is 23.0 Å². The van der Waals surface area contributed by atoms with Gasteiger partial charge in [0.1, 0.15) is 11.3 Å². The second kappa shape index (κ2) is 5.56. The summed E-state index contributed by atoms with van der Waals surface area (Å²) >= 11 is 0. The number of ether oxygens (including phenoxy) is 1. The first-order valence-corrected chi connectivity index (χ1v) is 6.80. The predicted octanol–water partition coefficient (Wildman–Crippen LogP) is 1.61. The fourth-order valence-corrected chi connectivity index (χ4v) is 2.51. The quantitative estimate of drug-likeness (QED) is 0.912. The molecule has 2 aromatic rings. The molecule has 0 amide bonds. The van der Waals surface area contributed by atoms with Crippen LogP contribution in [-0.2, 0) is 0 Å². The van der Waals surface area contributed by atoms with Crippen LogP contribution in [0.5, 0.6) is 5.75 Å². The lowest BCUT2D eigenvalue weighted by atomic mass is 10.1. The standard InChI is InChI=1S/C13H13F3N4O2/c14-13(15,16)22-9-3-4-11-10(6-9)12(21)20(19-18-11)8-2-1-5-17-7-8/h3-4,6,8,17H,1-2,5,7H2. The molecule has 1 aliphatic rings. The van der Waals surface area contributed by atoms with Crippen LogP contribution < -0.4 is 15.6 Å². The van der Waals surface area contributed by atoms with Gasteiger partial charge in [0, 0.05) is 6.54 Å². The molecule has 0 spiro atoms. The van der Waals surface area contributed by atoms with E-state index in [0.29, 0.717) is 6.54 Å². The molecule has 1 atom stereocenters. The van der Waals surface area contributed by atoms with Crippen molar-refractivity contribution in [3.05, 3.63) is 28.6 Å². The van der Waals surface area contributed by atoms with Gasteiger partial charge in [0.2, 0.25) is 0 Å². The van der Waals surface area contributed by atoms with E-state index in [0.717, 1.165) is 31.5 Å². The van der Waals surface area contributed by atoms with Crippen molar-refractivity contribution >= 4 is 10.9 Å². The minimum atomic E-state index is -4.81. The van der Waals surface area contributed by atoms with Crippen molar-refractivity contribution in [1.29, 1.82) is 0 Å². The summed E-state index contributed by atoms with van der Waals surface area (Å²) in [6.45, 7) is 1.45. The van der Waals surface area contributed by atoms with Gasteiger partial charge >= 0.3 is 6.36 Å². The van der Waals surface area contributed by atoms with E-state index in [4.69, 9.17) is 0 Å². The molecule has 2 heterocycles. The van der Waals surface area contributed by atoms with Crippen LogP contribution in [0.2, 0.25) is 0 Å². The lowest BCUT2D eigenvalue weighted by Crippen LogP contribution is -2.38. The number of aromatic nitrogens is 3. The molecule has 1 fully saturated rings. The van der Waals surface area contributed by atoms with Gasteiger partial charge in [-0.1, -0.05) is 5.21 Å². The molecule has 22 heavy (non-hydrogen) atoms. The number of fused-ring (bicyclic) bond motifs is 1. The number of hydrogen-bond acceptors (Lipinski definition) is 5. The molecular weight excluding hydrogens is 301 g/mol. The Hall–Kier alpha value is -2.16. The molecule has 0 saturated carbocycles. The summed E-state index contributed by atoms with van der Waals surface area (Å²) in [7, 11) is 0. The van der Waals surface area contributed by atoms with Gasteiger partial charge < -0.3 is 10.1 Å². The van der Waals surface area contributed by atoms with E-state index < -0.39 is 17.7 Å². The zero-order valence-corrected chi connectivity index (χ0v) is 11.4. The SMILES string of the molecule is O=c1c2cc(OC(F)(F)F)ccc2nnn1C1CCCNC1. The maximum atomic E-state index is 12.4. The van der Waals surface area contributed by atoms with Gasteiger partial charge in [-0.15, -0.1) is 18.3 Å². The highest BCUT2D eigenvalue weighted by atomic mass is 19.4. The maximum Gasteiger partial charge on any atom is 0.573 e. The third-order valence-corrected chi connectivity index (χ3v) is 3.51. The largest absolute Gasteiger partial charge is 0.573 e. The molecular formula is C13H13F3N4O2. The van der Waals surface area contributed by atoms with E-state index in [2.05, 4.69) is 20.4 Å². The average Bonchev–Trinajstić information content (AvgIpc) is 2.47. The summed E-state index contributed by atoms with van der Waals surface area (Å²) in [5.74, 6) is -0.446. The predicted molar refractivity (Wildman–Crippen MR) is 71.6 cm³/mol. The van der Waals surface area contributed by atoms with Crippen molar-refractivity contribution in [2.75, 3.05) is 13.1 Å². The van der Waals surface area contributed by atoms with Gasteiger partial charge in [-0.3, -0.25) is 4.79 Å². The van der Waals surface area contributed by atoms with Crippen LogP contribution in [0.4, 0.5) is 13.2 Å². The summed E-state index contributed by atoms with van der Waals surface area (Å²) in [6, 6.07) is 3.29. The molecule has 6 nitrogen and oxygen atoms in total. The van der Waals surface area contributed by atoms with Crippen molar-refractivity contribution < 1.29 is 17.9 Å². The molecule has 1 unspecified atom stereocenters. The Morgan fingerprint density at radius 1 is 1.36 bits per heavy atom. The van der Waals surface area contributed by atoms with E-state index in [1.807, 2.05) is 0 Å². The topological polar surface area (TPSA) is 69.0 Å². The molecule has 1 saturated heterocycles. The highest BCUT2D eigenvalue weighted by Crippen LogP contribution is 2.24. The highest BCUT2D eigenvalue weighted by molar-refractivity contribution is 5.78. The Bertz CT molecular complexity index is 738. The van der Waals surface area contributed by atoms with Crippen LogP contribution >= 0.6 is 0 Å². The summed E-state index contributed by atoms with van der Waals surface area (Å²) in [5, 5.41) is 11.0. The Morgan fingerprint density at radius 2 is 2.18 bits per heavy atom. The van der Waals surface area contributed by atoms with E-state index >= 15 is 0 Å². The zero-order chi connectivity index (χ0) is 15.7. The molecule has 1 aliphatic heterocycles. The van der Waals surface area contributed by atoms with Crippen LogP contribution in [0, 0.1) is 0 Å². The number of hydrogen-bond donors (Lipinski definition) is 1. The Morgan fingerprint density at radius 3 is 2.86 bits per heavy atom. The normalized spacial score (nSPS) is 19.3. The van der Waals surface area contributed by atoms with Crippen LogP contribution in [0.3, 0.4) is 0 Å². The first-order chi connectivity index (χ1) is 10.4. The third kappa shape index (κ3) is 3.03. The molecule has 0 bridgehead atoms. The second-order valence-electron chi connectivity index (χ2n) is 5.07. The average molecular weight is 314 g/mol. The Kier molecular flexibility index (Phi) is 3.73. The summed E-state index contributed by atoms with van der Waals surface area (Å²) in [6.07, 6.45) is -3.14. The van der Waals surface area contributed by atoms with Crippen molar-refractivity contribution in [2.45, 2.75) is 25.2 Å². The van der Waals surface area contributed by atoms with Crippen LogP contribution in [0.25, 0.3) is 10.9 Å². The van der Waals surface area contributed by atoms with Gasteiger partial charge in [-0.25, -0.2) is 4.68 Å². The molecule has 0 radical (unpaired) electrons. The van der Waals surface area contributed by atoms with Gasteiger partial charge in [-0.2, -0.15) is 0 Å². The summed E-state index contributed by atoms with van der Waals surface area (Å²) < 4.78 is 41.9. The summed E-state index contributed by atoms with van der Waals surface area (Å²) in [4.78, 5) is 12.4. The van der Waals surface area contributed by atoms with Crippen LogP contribution in [0.1, 0.15) is 18.9 Å². The lowest BCUT2D eigenvalue weighted by Gasteiger charge is -2.23. The van der Waals surface area contributed by atoms with Crippen molar-refractivity contribution in [3.8, 4) is 5.75 Å². The van der Waals surface area contributed by atoms with Crippen LogP contribution in [-0.4, -0.2) is 34.4 Å². The molecule has 1 aromatic heterocycles. The minimum Gasteiger partial charge on any atom is -0.406 e. The van der Waals surface area contributed by atoms with Gasteiger partial charge in [0.25, 0.3) is 5.56 Å². The third-order valence-electron chi connectivity index (χ3n) is 3.51. The number of halogens is 3. The monoisotopic (exact) mass is 314 g/mol. The fourth-order valence-electron chi connectivity index (χ4n) is 2.51. The molecule has 0 aliphatic carbocycles. The first-order valence-electron chi connectivity index (χ1n) is 6.80. The number of alkyl halides is 3. The molecule has 3 rings (SSSR count). The number of nitrogens with zero attached hydrogens (tertiary/aromatic N) is 3. The van der Waals surface area contributed by atoms with Crippen molar-refractivity contribution in [2.24, 2.45) is 0 Å². The van der Waals surface area contributed by atoms with E-state index in [1.54, 1.807) is 0 Å². The number of benzene rings is 1. The second-order valence-corrected chi connectivity index (χ2v) is 5.07. The Balaban J connectivity index is 2.02. The van der Waals surface area contributed by atoms with Crippen molar-refractivity contribution in [3.63, 3.8) is 0 Å². The van der Waals surface area contributed by atoms with Gasteiger partial charge in [0.15, 0.2) is 0 Å². The maximum absolute atomic E-state index is 12.4. The molecule has 1 N–H and O–H groups in total. The Labute approximate surface area is 122 Å². The zero-order valence-electron chi connectivity index (χ0n) is 11.4. The summed E-state index contributed by atoms with van der Waals surface area (Å²) in [5.41, 5.74) is -0.231.